The number of hydrogen-bond acceptors (Lipinski definition) is 5. The Bertz CT molecular complexity index is 693. The monoisotopic (exact) mass is 300 g/mol. The maximum absolute atomic E-state index is 11.5. The molecule has 0 saturated heterocycles. The fraction of sp³-hybridized carbons (Fsp3) is 0.333. The van der Waals surface area contributed by atoms with E-state index in [9.17, 15) is 4.79 Å². The molecule has 1 N–H and O–H groups in total. The highest BCUT2D eigenvalue weighted by Crippen LogP contribution is 2.20. The van der Waals surface area contributed by atoms with E-state index in [1.807, 2.05) is 0 Å². The van der Waals surface area contributed by atoms with Gasteiger partial charge < -0.3 is 14.6 Å². The minimum atomic E-state index is -0.561. The van der Waals surface area contributed by atoms with Crippen molar-refractivity contribution in [2.24, 2.45) is 0 Å². The fourth-order valence-corrected chi connectivity index (χ4v) is 1.59. The topological polar surface area (TPSA) is 81.6 Å². The summed E-state index contributed by atoms with van der Waals surface area (Å²) in [4.78, 5) is 19.0. The van der Waals surface area contributed by atoms with Crippen molar-refractivity contribution in [3.63, 3.8) is 0 Å². The molecule has 1 aromatic carbocycles. The number of hydrogen-bond donors (Lipinski definition) is 1. The lowest BCUT2D eigenvalue weighted by atomic mass is 10.2. The number of alkyl carbamates (subject to hydrolysis) is 1. The maximum atomic E-state index is 11.5. The molecule has 7 heteroatoms. The quantitative estimate of drug-likeness (QED) is 0.879. The van der Waals surface area contributed by atoms with E-state index >= 15 is 0 Å². The number of carbonyl (C=O) groups is 1. The molecule has 0 aliphatic carbocycles. The van der Waals surface area contributed by atoms with Crippen molar-refractivity contribution in [3.8, 4) is 11.4 Å². The highest BCUT2D eigenvalue weighted by Gasteiger charge is 2.17. The molecular formula is C15H16N4O3. The second-order valence-corrected chi connectivity index (χ2v) is 5.53. The first-order valence-electron chi connectivity index (χ1n) is 6.65. The molecule has 0 fully saturated rings. The molecule has 1 aromatic heterocycles. The van der Waals surface area contributed by atoms with Crippen LogP contribution in [0, 0.1) is 6.57 Å². The maximum Gasteiger partial charge on any atom is 0.408 e. The standard InChI is InChI=1S/C15H16N4O3/c1-15(2,3)21-14(20)17-9-12-18-13(19-22-12)10-5-7-11(16-4)8-6-10/h5-8H,9H2,1-3H3,(H,17,20). The predicted octanol–water partition coefficient (Wildman–Crippen LogP) is 3.31. The lowest BCUT2D eigenvalue weighted by Crippen LogP contribution is -2.32. The molecular weight excluding hydrogens is 284 g/mol. The molecule has 0 bridgehead atoms. The zero-order chi connectivity index (χ0) is 16.2. The number of nitrogens with zero attached hydrogens (tertiary/aromatic N) is 3. The van der Waals surface area contributed by atoms with Crippen LogP contribution in [0.25, 0.3) is 16.2 Å². The normalized spacial score (nSPS) is 10.8. The minimum absolute atomic E-state index is 0.0854. The van der Waals surface area contributed by atoms with Crippen LogP contribution in [0.1, 0.15) is 26.7 Å². The van der Waals surface area contributed by atoms with Gasteiger partial charge in [0.15, 0.2) is 5.69 Å². The molecule has 0 atom stereocenters. The molecule has 0 radical (unpaired) electrons. The van der Waals surface area contributed by atoms with Crippen molar-refractivity contribution in [1.82, 2.24) is 15.5 Å². The molecule has 2 rings (SSSR count). The zero-order valence-corrected chi connectivity index (χ0v) is 12.6. The number of ether oxygens (including phenoxy) is 1. The summed E-state index contributed by atoms with van der Waals surface area (Å²) in [6, 6.07) is 6.83. The Morgan fingerprint density at radius 2 is 2.05 bits per heavy atom. The number of benzene rings is 1. The second kappa shape index (κ2) is 6.26. The zero-order valence-electron chi connectivity index (χ0n) is 12.6. The first-order chi connectivity index (χ1) is 10.4. The van der Waals surface area contributed by atoms with Crippen molar-refractivity contribution in [1.29, 1.82) is 0 Å². The summed E-state index contributed by atoms with van der Waals surface area (Å²) in [5, 5.41) is 6.38. The number of carbonyl (C=O) groups excluding carboxylic acids is 1. The Morgan fingerprint density at radius 3 is 2.64 bits per heavy atom. The smallest absolute Gasteiger partial charge is 0.408 e. The molecule has 1 amide bonds. The van der Waals surface area contributed by atoms with Gasteiger partial charge in [-0.3, -0.25) is 0 Å². The van der Waals surface area contributed by atoms with Gasteiger partial charge in [0.05, 0.1) is 6.57 Å². The van der Waals surface area contributed by atoms with E-state index in [0.717, 1.165) is 5.56 Å². The number of rotatable bonds is 3. The van der Waals surface area contributed by atoms with E-state index < -0.39 is 11.7 Å². The van der Waals surface area contributed by atoms with Gasteiger partial charge in [-0.2, -0.15) is 4.98 Å². The molecule has 0 aliphatic heterocycles. The van der Waals surface area contributed by atoms with Gasteiger partial charge >= 0.3 is 6.09 Å². The molecule has 22 heavy (non-hydrogen) atoms. The summed E-state index contributed by atoms with van der Waals surface area (Å²) in [5.74, 6) is 0.674. The van der Waals surface area contributed by atoms with Gasteiger partial charge in [-0.1, -0.05) is 29.4 Å². The van der Waals surface area contributed by atoms with Gasteiger partial charge in [-0.05, 0) is 20.8 Å². The van der Waals surface area contributed by atoms with Crippen LogP contribution in [0.15, 0.2) is 28.8 Å². The van der Waals surface area contributed by atoms with E-state index in [0.29, 0.717) is 11.5 Å². The summed E-state index contributed by atoms with van der Waals surface area (Å²) in [7, 11) is 0. The van der Waals surface area contributed by atoms with Crippen LogP contribution in [-0.2, 0) is 11.3 Å². The molecule has 0 unspecified atom stereocenters. The van der Waals surface area contributed by atoms with Gasteiger partial charge in [0.25, 0.3) is 0 Å². The van der Waals surface area contributed by atoms with Crippen molar-refractivity contribution in [2.45, 2.75) is 32.9 Å². The number of nitrogens with one attached hydrogen (secondary N) is 1. The molecule has 2 aromatic rings. The Hall–Kier alpha value is -2.88. The summed E-state index contributed by atoms with van der Waals surface area (Å²) in [6.07, 6.45) is -0.548. The second-order valence-electron chi connectivity index (χ2n) is 5.53. The summed E-state index contributed by atoms with van der Waals surface area (Å²) < 4.78 is 10.2. The number of amides is 1. The van der Waals surface area contributed by atoms with Gasteiger partial charge in [0.2, 0.25) is 11.7 Å². The van der Waals surface area contributed by atoms with Gasteiger partial charge in [-0.25, -0.2) is 9.64 Å². The highest BCUT2D eigenvalue weighted by atomic mass is 16.6. The van der Waals surface area contributed by atoms with Crippen LogP contribution >= 0.6 is 0 Å². The van der Waals surface area contributed by atoms with Crippen LogP contribution in [-0.4, -0.2) is 21.8 Å². The Balaban J connectivity index is 1.97. The van der Waals surface area contributed by atoms with E-state index in [1.165, 1.54) is 0 Å². The van der Waals surface area contributed by atoms with Crippen LogP contribution in [0.4, 0.5) is 10.5 Å². The largest absolute Gasteiger partial charge is 0.444 e. The van der Waals surface area contributed by atoms with Crippen molar-refractivity contribution >= 4 is 11.8 Å². The van der Waals surface area contributed by atoms with Gasteiger partial charge in [-0.15, -0.1) is 0 Å². The third kappa shape index (κ3) is 4.31. The minimum Gasteiger partial charge on any atom is -0.444 e. The molecule has 0 spiro atoms. The Labute approximate surface area is 128 Å². The summed E-state index contributed by atoms with van der Waals surface area (Å²) in [5.41, 5.74) is 0.716. The average molecular weight is 300 g/mol. The predicted molar refractivity (Wildman–Crippen MR) is 79.1 cm³/mol. The van der Waals surface area contributed by atoms with Crippen LogP contribution in [0.5, 0.6) is 0 Å². The van der Waals surface area contributed by atoms with Crippen molar-refractivity contribution in [2.75, 3.05) is 0 Å². The van der Waals surface area contributed by atoms with Crippen molar-refractivity contribution in [3.05, 3.63) is 41.6 Å². The van der Waals surface area contributed by atoms with Crippen LogP contribution in [0.2, 0.25) is 0 Å². The molecule has 1 heterocycles. The van der Waals surface area contributed by atoms with Gasteiger partial charge in [0, 0.05) is 5.56 Å². The van der Waals surface area contributed by atoms with E-state index in [1.54, 1.807) is 45.0 Å². The first kappa shape index (κ1) is 15.5. The van der Waals surface area contributed by atoms with Crippen LogP contribution < -0.4 is 5.32 Å². The summed E-state index contributed by atoms with van der Waals surface area (Å²) >= 11 is 0. The third-order valence-corrected chi connectivity index (χ3v) is 2.51. The number of aromatic nitrogens is 2. The molecule has 114 valence electrons. The Morgan fingerprint density at radius 1 is 1.36 bits per heavy atom. The molecule has 0 aliphatic rings. The third-order valence-electron chi connectivity index (χ3n) is 2.51. The first-order valence-corrected chi connectivity index (χ1v) is 6.65. The molecule has 7 nitrogen and oxygen atoms in total. The average Bonchev–Trinajstić information content (AvgIpc) is 2.92. The van der Waals surface area contributed by atoms with Crippen molar-refractivity contribution < 1.29 is 14.1 Å². The van der Waals surface area contributed by atoms with E-state index in [-0.39, 0.29) is 12.4 Å². The lowest BCUT2D eigenvalue weighted by molar-refractivity contribution is 0.0518. The highest BCUT2D eigenvalue weighted by molar-refractivity contribution is 5.67. The van der Waals surface area contributed by atoms with E-state index in [4.69, 9.17) is 15.8 Å². The van der Waals surface area contributed by atoms with E-state index in [2.05, 4.69) is 20.3 Å². The molecule has 0 saturated carbocycles. The summed E-state index contributed by atoms with van der Waals surface area (Å²) in [6.45, 7) is 12.3. The van der Waals surface area contributed by atoms with Gasteiger partial charge in [0.1, 0.15) is 12.1 Å². The lowest BCUT2D eigenvalue weighted by Gasteiger charge is -2.19. The SMILES string of the molecule is [C-]#[N+]c1ccc(-c2noc(CNC(=O)OC(C)(C)C)n2)cc1. The Kier molecular flexibility index (Phi) is 4.41. The fourth-order valence-electron chi connectivity index (χ4n) is 1.59. The van der Waals surface area contributed by atoms with Crippen LogP contribution in [0.3, 0.4) is 0 Å².